The number of halogens is 2. The maximum atomic E-state index is 12.6. The molecule has 1 aromatic carbocycles. The second-order valence-electron chi connectivity index (χ2n) is 2.09. The highest BCUT2D eigenvalue weighted by Crippen LogP contribution is 2.21. The average Bonchev–Trinajstić information content (AvgIpc) is 2.04. The lowest BCUT2D eigenvalue weighted by molar-refractivity contribution is 0.0688. The number of hydrogen-bond donors (Lipinski definition) is 2. The number of rotatable bonds is 1. The molecule has 0 bridgehead atoms. The standard InChI is InChI=1S/C7H4F2O3.C2H6/c8-3-1-4(9)6(7(11)12)5(10)2-3;1-2/h1-2,10H,(H,11,12);1-2H3. The summed E-state index contributed by atoms with van der Waals surface area (Å²) in [7, 11) is 0. The van der Waals surface area contributed by atoms with Gasteiger partial charge < -0.3 is 10.2 Å². The molecule has 14 heavy (non-hydrogen) atoms. The van der Waals surface area contributed by atoms with Crippen LogP contribution in [0.1, 0.15) is 24.2 Å². The molecule has 0 fully saturated rings. The minimum atomic E-state index is -1.63. The van der Waals surface area contributed by atoms with Gasteiger partial charge in [0.1, 0.15) is 22.9 Å². The highest BCUT2D eigenvalue weighted by Gasteiger charge is 2.16. The minimum Gasteiger partial charge on any atom is -0.507 e. The Morgan fingerprint density at radius 3 is 2.14 bits per heavy atom. The zero-order valence-corrected chi connectivity index (χ0v) is 7.71. The molecular weight excluding hydrogens is 194 g/mol. The van der Waals surface area contributed by atoms with Crippen LogP contribution in [0.4, 0.5) is 8.78 Å². The van der Waals surface area contributed by atoms with Gasteiger partial charge in [-0.1, -0.05) is 13.8 Å². The number of aromatic hydroxyl groups is 1. The number of carbonyl (C=O) groups is 1. The second kappa shape index (κ2) is 5.16. The quantitative estimate of drug-likeness (QED) is 0.738. The van der Waals surface area contributed by atoms with E-state index in [1.54, 1.807) is 0 Å². The molecule has 0 aromatic heterocycles. The Morgan fingerprint density at radius 1 is 1.29 bits per heavy atom. The summed E-state index contributed by atoms with van der Waals surface area (Å²) in [4.78, 5) is 10.2. The Labute approximate surface area is 79.6 Å². The minimum absolute atomic E-state index is 0.392. The lowest BCUT2D eigenvalue weighted by atomic mass is 10.2. The number of aromatic carboxylic acids is 1. The average molecular weight is 204 g/mol. The topological polar surface area (TPSA) is 57.5 Å². The number of carboxylic acid groups (broad SMARTS) is 1. The second-order valence-corrected chi connectivity index (χ2v) is 2.09. The fourth-order valence-electron chi connectivity index (χ4n) is 0.772. The van der Waals surface area contributed by atoms with Crippen LogP contribution < -0.4 is 0 Å². The molecule has 0 spiro atoms. The van der Waals surface area contributed by atoms with Gasteiger partial charge in [0.25, 0.3) is 0 Å². The number of carboxylic acids is 1. The summed E-state index contributed by atoms with van der Waals surface area (Å²) in [6.45, 7) is 4.00. The third-order valence-electron chi connectivity index (χ3n) is 1.25. The molecule has 0 heterocycles. The van der Waals surface area contributed by atoms with Crippen molar-refractivity contribution in [1.29, 1.82) is 0 Å². The molecule has 78 valence electrons. The van der Waals surface area contributed by atoms with Crippen molar-refractivity contribution in [2.24, 2.45) is 0 Å². The van der Waals surface area contributed by atoms with Crippen molar-refractivity contribution < 1.29 is 23.8 Å². The first-order chi connectivity index (χ1) is 6.52. The molecule has 0 aliphatic rings. The third kappa shape index (κ3) is 2.69. The first-order valence-corrected chi connectivity index (χ1v) is 3.93. The monoisotopic (exact) mass is 204 g/mol. The van der Waals surface area contributed by atoms with Gasteiger partial charge in [0, 0.05) is 12.1 Å². The highest BCUT2D eigenvalue weighted by atomic mass is 19.1. The molecule has 0 aliphatic carbocycles. The van der Waals surface area contributed by atoms with Crippen LogP contribution in [-0.4, -0.2) is 16.2 Å². The van der Waals surface area contributed by atoms with E-state index in [2.05, 4.69) is 0 Å². The molecule has 1 aromatic rings. The smallest absolute Gasteiger partial charge is 0.342 e. The fourth-order valence-corrected chi connectivity index (χ4v) is 0.772. The molecular formula is C9H10F2O3. The van der Waals surface area contributed by atoms with Crippen LogP contribution in [0.15, 0.2) is 12.1 Å². The molecule has 0 saturated heterocycles. The van der Waals surface area contributed by atoms with Gasteiger partial charge in [-0.15, -0.1) is 0 Å². The maximum Gasteiger partial charge on any atom is 0.342 e. The first-order valence-electron chi connectivity index (χ1n) is 3.93. The zero-order chi connectivity index (χ0) is 11.3. The lowest BCUT2D eigenvalue weighted by Crippen LogP contribution is -2.01. The molecule has 0 aliphatic heterocycles. The van der Waals surface area contributed by atoms with Gasteiger partial charge in [-0.2, -0.15) is 0 Å². The van der Waals surface area contributed by atoms with Crippen molar-refractivity contribution >= 4 is 5.97 Å². The van der Waals surface area contributed by atoms with Crippen molar-refractivity contribution in [3.8, 4) is 5.75 Å². The van der Waals surface area contributed by atoms with E-state index in [-0.39, 0.29) is 0 Å². The van der Waals surface area contributed by atoms with Crippen molar-refractivity contribution in [3.05, 3.63) is 29.3 Å². The summed E-state index contributed by atoms with van der Waals surface area (Å²) in [6.07, 6.45) is 0. The van der Waals surface area contributed by atoms with Crippen LogP contribution in [0.25, 0.3) is 0 Å². The fraction of sp³-hybridized carbons (Fsp3) is 0.222. The van der Waals surface area contributed by atoms with E-state index in [4.69, 9.17) is 10.2 Å². The number of benzene rings is 1. The summed E-state index contributed by atoms with van der Waals surface area (Å²) >= 11 is 0. The Bertz CT molecular complexity index is 314. The van der Waals surface area contributed by atoms with Crippen molar-refractivity contribution in [2.75, 3.05) is 0 Å². The third-order valence-corrected chi connectivity index (χ3v) is 1.25. The molecule has 0 radical (unpaired) electrons. The van der Waals surface area contributed by atoms with Gasteiger partial charge in [-0.25, -0.2) is 13.6 Å². The van der Waals surface area contributed by atoms with E-state index >= 15 is 0 Å². The molecule has 2 N–H and O–H groups in total. The van der Waals surface area contributed by atoms with Gasteiger partial charge >= 0.3 is 5.97 Å². The molecule has 0 atom stereocenters. The van der Waals surface area contributed by atoms with Crippen LogP contribution in [0, 0.1) is 11.6 Å². The Morgan fingerprint density at radius 2 is 1.79 bits per heavy atom. The zero-order valence-electron chi connectivity index (χ0n) is 7.71. The van der Waals surface area contributed by atoms with E-state index in [0.717, 1.165) is 0 Å². The van der Waals surface area contributed by atoms with Crippen molar-refractivity contribution in [2.45, 2.75) is 13.8 Å². The van der Waals surface area contributed by atoms with Crippen LogP contribution in [0.2, 0.25) is 0 Å². The van der Waals surface area contributed by atoms with Gasteiger partial charge in [-0.3, -0.25) is 0 Å². The number of phenols is 1. The van der Waals surface area contributed by atoms with E-state index in [1.165, 1.54) is 0 Å². The predicted molar refractivity (Wildman–Crippen MR) is 46.3 cm³/mol. The van der Waals surface area contributed by atoms with Gasteiger partial charge in [-0.05, 0) is 0 Å². The summed E-state index contributed by atoms with van der Waals surface area (Å²) in [5, 5.41) is 17.1. The summed E-state index contributed by atoms with van der Waals surface area (Å²) < 4.78 is 24.9. The molecule has 0 saturated carbocycles. The van der Waals surface area contributed by atoms with E-state index in [1.807, 2.05) is 13.8 Å². The van der Waals surface area contributed by atoms with Crippen LogP contribution in [0.3, 0.4) is 0 Å². The van der Waals surface area contributed by atoms with Crippen LogP contribution in [0.5, 0.6) is 5.75 Å². The first kappa shape index (κ1) is 12.3. The SMILES string of the molecule is CC.O=C(O)c1c(O)cc(F)cc1F. The molecule has 5 heteroatoms. The maximum absolute atomic E-state index is 12.6. The van der Waals surface area contributed by atoms with Gasteiger partial charge in [0.15, 0.2) is 0 Å². The molecule has 3 nitrogen and oxygen atoms in total. The van der Waals surface area contributed by atoms with E-state index in [9.17, 15) is 13.6 Å². The lowest BCUT2D eigenvalue weighted by Gasteiger charge is -1.99. The van der Waals surface area contributed by atoms with Crippen LogP contribution >= 0.6 is 0 Å². The Kier molecular flexibility index (Phi) is 4.55. The normalized spacial score (nSPS) is 8.86. The van der Waals surface area contributed by atoms with Gasteiger partial charge in [0.05, 0.1) is 0 Å². The predicted octanol–water partition coefficient (Wildman–Crippen LogP) is 2.39. The summed E-state index contributed by atoms with van der Waals surface area (Å²) in [6, 6.07) is 0.926. The largest absolute Gasteiger partial charge is 0.507 e. The molecule has 1 rings (SSSR count). The van der Waals surface area contributed by atoms with Crippen LogP contribution in [-0.2, 0) is 0 Å². The highest BCUT2D eigenvalue weighted by molar-refractivity contribution is 5.90. The summed E-state index contributed by atoms with van der Waals surface area (Å²) in [5.74, 6) is -4.86. The van der Waals surface area contributed by atoms with Crippen molar-refractivity contribution in [1.82, 2.24) is 0 Å². The van der Waals surface area contributed by atoms with E-state index < -0.39 is 28.9 Å². The molecule has 0 amide bonds. The number of hydrogen-bond acceptors (Lipinski definition) is 2. The summed E-state index contributed by atoms with van der Waals surface area (Å²) in [5.41, 5.74) is -0.920. The van der Waals surface area contributed by atoms with Gasteiger partial charge in [0.2, 0.25) is 0 Å². The Balaban J connectivity index is 0.000000791. The van der Waals surface area contributed by atoms with E-state index in [0.29, 0.717) is 12.1 Å². The van der Waals surface area contributed by atoms with Crippen molar-refractivity contribution in [3.63, 3.8) is 0 Å². The molecule has 0 unspecified atom stereocenters. The Hall–Kier alpha value is -1.65.